The summed E-state index contributed by atoms with van der Waals surface area (Å²) in [5, 5.41) is 26.7. The number of fused-ring (bicyclic) bond motifs is 1. The minimum Gasteiger partial charge on any atom is -0.338 e. The lowest BCUT2D eigenvalue weighted by molar-refractivity contribution is 0.277. The molecular formula is C26H30N8O. The van der Waals surface area contributed by atoms with Gasteiger partial charge in [-0.15, -0.1) is 5.10 Å². The van der Waals surface area contributed by atoms with E-state index in [1.54, 1.807) is 12.4 Å². The number of aromatic amines is 1. The molecule has 2 unspecified atom stereocenters. The number of nitriles is 1. The molecule has 4 aromatic rings. The number of hydrogen-bond acceptors (Lipinski definition) is 6. The van der Waals surface area contributed by atoms with Gasteiger partial charge < -0.3 is 10.3 Å². The van der Waals surface area contributed by atoms with Crippen molar-refractivity contribution in [3.8, 4) is 6.07 Å². The lowest BCUT2D eigenvalue weighted by atomic mass is 9.85. The molecule has 0 aliphatic heterocycles. The molecular weight excluding hydrogens is 440 g/mol. The van der Waals surface area contributed by atoms with Gasteiger partial charge in [0, 0.05) is 18.1 Å². The maximum atomic E-state index is 12.8. The van der Waals surface area contributed by atoms with Crippen LogP contribution in [0.5, 0.6) is 0 Å². The van der Waals surface area contributed by atoms with E-state index in [0.717, 1.165) is 42.5 Å². The highest BCUT2D eigenvalue weighted by Gasteiger charge is 2.30. The molecule has 180 valence electrons. The van der Waals surface area contributed by atoms with E-state index in [-0.39, 0.29) is 23.6 Å². The fourth-order valence-electron chi connectivity index (χ4n) is 5.39. The number of pyridine rings is 1. The molecule has 1 saturated carbocycles. The van der Waals surface area contributed by atoms with Crippen LogP contribution in [0.4, 0.5) is 11.5 Å². The summed E-state index contributed by atoms with van der Waals surface area (Å²) in [5.74, 6) is 0.731. The molecule has 0 amide bonds. The molecule has 9 nitrogen and oxygen atoms in total. The highest BCUT2D eigenvalue weighted by atomic mass is 16.1. The van der Waals surface area contributed by atoms with Crippen LogP contribution in [0.3, 0.4) is 0 Å². The number of anilines is 2. The van der Waals surface area contributed by atoms with Gasteiger partial charge in [-0.3, -0.25) is 9.48 Å². The standard InChI is InChI=1S/C26H30N8O/c1-16(2)24(33-13-12-29-32-33)20-9-8-19(14-17(20)3)30-25-23-22(10-11-28-26(23)35)34(31-25)21-7-5-4-6-18(21)15-27/h8-14,16,18,21,24H,4-7H2,1-3H3,(H,28,35)(H,30,31)/t18?,21-,24?/m0/s1. The second-order valence-electron chi connectivity index (χ2n) is 9.72. The van der Waals surface area contributed by atoms with Gasteiger partial charge in [-0.25, -0.2) is 4.68 Å². The van der Waals surface area contributed by atoms with E-state index < -0.39 is 0 Å². The number of aromatic nitrogens is 6. The van der Waals surface area contributed by atoms with Crippen LogP contribution in [0.2, 0.25) is 0 Å². The molecule has 9 heteroatoms. The van der Waals surface area contributed by atoms with E-state index in [2.05, 4.69) is 59.6 Å². The molecule has 3 heterocycles. The van der Waals surface area contributed by atoms with Gasteiger partial charge in [-0.2, -0.15) is 10.4 Å². The van der Waals surface area contributed by atoms with E-state index in [0.29, 0.717) is 17.1 Å². The zero-order valence-electron chi connectivity index (χ0n) is 20.3. The van der Waals surface area contributed by atoms with Crippen molar-refractivity contribution in [3.63, 3.8) is 0 Å². The van der Waals surface area contributed by atoms with Crippen molar-refractivity contribution < 1.29 is 0 Å². The Morgan fingerprint density at radius 3 is 2.77 bits per heavy atom. The molecule has 0 saturated heterocycles. The highest BCUT2D eigenvalue weighted by molar-refractivity contribution is 5.91. The zero-order chi connectivity index (χ0) is 24.5. The number of aryl methyl sites for hydroxylation is 1. The topological polar surface area (TPSA) is 117 Å². The van der Waals surface area contributed by atoms with Crippen molar-refractivity contribution in [1.82, 2.24) is 29.8 Å². The number of benzene rings is 1. The van der Waals surface area contributed by atoms with Crippen molar-refractivity contribution in [2.45, 2.75) is 58.5 Å². The number of nitrogens with zero attached hydrogens (tertiary/aromatic N) is 6. The first kappa shape index (κ1) is 22.8. The predicted octanol–water partition coefficient (Wildman–Crippen LogP) is 4.87. The van der Waals surface area contributed by atoms with Crippen molar-refractivity contribution in [2.75, 3.05) is 5.32 Å². The maximum Gasteiger partial charge on any atom is 0.261 e. The molecule has 35 heavy (non-hydrogen) atoms. The Kier molecular flexibility index (Phi) is 6.12. The summed E-state index contributed by atoms with van der Waals surface area (Å²) in [7, 11) is 0. The minimum absolute atomic E-state index is 0.0350. The Bertz CT molecular complexity index is 1430. The van der Waals surface area contributed by atoms with E-state index in [4.69, 9.17) is 5.10 Å². The van der Waals surface area contributed by atoms with Crippen molar-refractivity contribution in [1.29, 1.82) is 5.26 Å². The van der Waals surface area contributed by atoms with Crippen molar-refractivity contribution in [3.05, 3.63) is 64.3 Å². The van der Waals surface area contributed by atoms with Crippen LogP contribution in [0, 0.1) is 30.1 Å². The Morgan fingerprint density at radius 2 is 2.06 bits per heavy atom. The Morgan fingerprint density at radius 1 is 1.23 bits per heavy atom. The Labute approximate surface area is 203 Å². The second kappa shape index (κ2) is 9.37. The first-order valence-corrected chi connectivity index (χ1v) is 12.2. The maximum absolute atomic E-state index is 12.8. The molecule has 3 aromatic heterocycles. The minimum atomic E-state index is -0.194. The third-order valence-electron chi connectivity index (χ3n) is 7.05. The molecule has 1 aromatic carbocycles. The van der Waals surface area contributed by atoms with Gasteiger partial charge in [0.15, 0.2) is 5.82 Å². The van der Waals surface area contributed by atoms with Crippen LogP contribution < -0.4 is 10.9 Å². The summed E-state index contributed by atoms with van der Waals surface area (Å²) in [4.78, 5) is 15.6. The number of nitrogens with one attached hydrogen (secondary N) is 2. The summed E-state index contributed by atoms with van der Waals surface area (Å²) in [5.41, 5.74) is 3.69. The Hall–Kier alpha value is -3.93. The summed E-state index contributed by atoms with van der Waals surface area (Å²) in [6.07, 6.45) is 9.08. The first-order valence-electron chi connectivity index (χ1n) is 12.2. The zero-order valence-corrected chi connectivity index (χ0v) is 20.3. The molecule has 0 radical (unpaired) electrons. The van der Waals surface area contributed by atoms with E-state index >= 15 is 0 Å². The van der Waals surface area contributed by atoms with E-state index in [1.807, 2.05) is 27.7 Å². The lowest BCUT2D eigenvalue weighted by Crippen LogP contribution is -2.23. The number of rotatable bonds is 6. The third-order valence-corrected chi connectivity index (χ3v) is 7.05. The molecule has 0 bridgehead atoms. The highest BCUT2D eigenvalue weighted by Crippen LogP contribution is 2.37. The molecule has 0 spiro atoms. The van der Waals surface area contributed by atoms with Crippen molar-refractivity contribution in [2.24, 2.45) is 11.8 Å². The number of H-pyrrole nitrogens is 1. The predicted molar refractivity (Wildman–Crippen MR) is 134 cm³/mol. The molecule has 1 aliphatic carbocycles. The fourth-order valence-corrected chi connectivity index (χ4v) is 5.39. The average molecular weight is 471 g/mol. The molecule has 5 rings (SSSR count). The fraction of sp³-hybridized carbons (Fsp3) is 0.423. The summed E-state index contributed by atoms with van der Waals surface area (Å²) in [6.45, 7) is 6.42. The summed E-state index contributed by atoms with van der Waals surface area (Å²) >= 11 is 0. The normalized spacial score (nSPS) is 19.1. The van der Waals surface area contributed by atoms with E-state index in [1.165, 1.54) is 5.56 Å². The van der Waals surface area contributed by atoms with Gasteiger partial charge in [0.1, 0.15) is 5.39 Å². The van der Waals surface area contributed by atoms with Gasteiger partial charge in [0.25, 0.3) is 5.56 Å². The first-order chi connectivity index (χ1) is 17.0. The SMILES string of the molecule is Cc1cc(Nc2nn([C@H]3CCCCC3C#N)c3cc[nH]c(=O)c23)ccc1C(C(C)C)n1ccnn1. The Balaban J connectivity index is 1.52. The van der Waals surface area contributed by atoms with Gasteiger partial charge in [-0.05, 0) is 55.0 Å². The number of hydrogen-bond donors (Lipinski definition) is 2. The van der Waals surface area contributed by atoms with Gasteiger partial charge in [0.05, 0.1) is 35.8 Å². The quantitative estimate of drug-likeness (QED) is 0.415. The summed E-state index contributed by atoms with van der Waals surface area (Å²) < 4.78 is 3.78. The van der Waals surface area contributed by atoms with Gasteiger partial charge >= 0.3 is 0 Å². The average Bonchev–Trinajstić information content (AvgIpc) is 3.50. The van der Waals surface area contributed by atoms with Crippen LogP contribution in [-0.2, 0) is 0 Å². The van der Waals surface area contributed by atoms with Crippen LogP contribution in [0.15, 0.2) is 47.7 Å². The second-order valence-corrected chi connectivity index (χ2v) is 9.72. The molecule has 3 atom stereocenters. The van der Waals surface area contributed by atoms with Crippen LogP contribution >= 0.6 is 0 Å². The lowest BCUT2D eigenvalue weighted by Gasteiger charge is -2.27. The smallest absolute Gasteiger partial charge is 0.261 e. The molecule has 2 N–H and O–H groups in total. The molecule has 1 aliphatic rings. The van der Waals surface area contributed by atoms with Gasteiger partial charge in [-0.1, -0.05) is 38.0 Å². The van der Waals surface area contributed by atoms with Crippen molar-refractivity contribution >= 4 is 22.4 Å². The largest absolute Gasteiger partial charge is 0.338 e. The van der Waals surface area contributed by atoms with Crippen LogP contribution in [-0.4, -0.2) is 29.8 Å². The van der Waals surface area contributed by atoms with Crippen LogP contribution in [0.1, 0.15) is 62.7 Å². The van der Waals surface area contributed by atoms with Gasteiger partial charge in [0.2, 0.25) is 0 Å². The third kappa shape index (κ3) is 4.20. The van der Waals surface area contributed by atoms with Crippen LogP contribution in [0.25, 0.3) is 10.9 Å². The molecule has 1 fully saturated rings. The summed E-state index contributed by atoms with van der Waals surface area (Å²) in [6, 6.07) is 10.5. The van der Waals surface area contributed by atoms with E-state index in [9.17, 15) is 10.1 Å². The monoisotopic (exact) mass is 470 g/mol.